The van der Waals surface area contributed by atoms with E-state index in [1.54, 1.807) is 12.4 Å². The number of fused-ring (bicyclic) bond motifs is 1. The predicted octanol–water partition coefficient (Wildman–Crippen LogP) is 3.23. The van der Waals surface area contributed by atoms with Crippen LogP contribution in [-0.2, 0) is 4.74 Å². The molecule has 1 aliphatic rings. The zero-order chi connectivity index (χ0) is 13.1. The fourth-order valence-corrected chi connectivity index (χ4v) is 2.26. The van der Waals surface area contributed by atoms with Crippen molar-refractivity contribution >= 4 is 32.7 Å². The van der Waals surface area contributed by atoms with Gasteiger partial charge in [-0.3, -0.25) is 9.97 Å². The van der Waals surface area contributed by atoms with Gasteiger partial charge in [-0.1, -0.05) is 0 Å². The van der Waals surface area contributed by atoms with E-state index in [0.717, 1.165) is 46.9 Å². The summed E-state index contributed by atoms with van der Waals surface area (Å²) < 4.78 is 6.55. The molecule has 1 fully saturated rings. The topological polar surface area (TPSA) is 47.0 Å². The molecular formula is C14H16BrN3O. The smallest absolute Gasteiger partial charge is 0.112 e. The highest BCUT2D eigenvalue weighted by molar-refractivity contribution is 9.10. The van der Waals surface area contributed by atoms with Crippen LogP contribution >= 0.6 is 15.9 Å². The highest BCUT2D eigenvalue weighted by atomic mass is 79.9. The molecule has 19 heavy (non-hydrogen) atoms. The zero-order valence-electron chi connectivity index (χ0n) is 10.6. The van der Waals surface area contributed by atoms with Gasteiger partial charge < -0.3 is 10.1 Å². The van der Waals surface area contributed by atoms with E-state index in [-0.39, 0.29) is 0 Å². The van der Waals surface area contributed by atoms with E-state index in [2.05, 4.69) is 31.2 Å². The highest BCUT2D eigenvalue weighted by Crippen LogP contribution is 2.28. The molecule has 100 valence electrons. The van der Waals surface area contributed by atoms with Gasteiger partial charge in [0, 0.05) is 30.0 Å². The summed E-state index contributed by atoms with van der Waals surface area (Å²) in [5, 5.41) is 3.36. The first-order valence-corrected chi connectivity index (χ1v) is 7.34. The molecule has 1 aliphatic carbocycles. The Bertz CT molecular complexity index is 572. The fourth-order valence-electron chi connectivity index (χ4n) is 1.94. The first-order valence-electron chi connectivity index (χ1n) is 6.55. The maximum Gasteiger partial charge on any atom is 0.112 e. The molecule has 0 aliphatic heterocycles. The number of anilines is 1. The predicted molar refractivity (Wildman–Crippen MR) is 79.3 cm³/mol. The zero-order valence-corrected chi connectivity index (χ0v) is 12.2. The lowest BCUT2D eigenvalue weighted by molar-refractivity contribution is 0.134. The number of hydrogen-bond acceptors (Lipinski definition) is 4. The van der Waals surface area contributed by atoms with E-state index in [1.807, 2.05) is 12.1 Å². The van der Waals surface area contributed by atoms with Gasteiger partial charge in [0.1, 0.15) is 5.52 Å². The summed E-state index contributed by atoms with van der Waals surface area (Å²) in [6.07, 6.45) is 6.26. The molecule has 0 unspecified atom stereocenters. The van der Waals surface area contributed by atoms with Crippen LogP contribution in [0.1, 0.15) is 12.8 Å². The number of pyridine rings is 2. The van der Waals surface area contributed by atoms with E-state index in [9.17, 15) is 0 Å². The Labute approximate surface area is 120 Å². The Kier molecular flexibility index (Phi) is 3.94. The Morgan fingerprint density at radius 2 is 2.26 bits per heavy atom. The molecule has 1 saturated carbocycles. The highest BCUT2D eigenvalue weighted by Gasteiger charge is 2.20. The third kappa shape index (κ3) is 3.42. The normalized spacial score (nSPS) is 14.8. The number of nitrogens with one attached hydrogen (secondary N) is 1. The summed E-state index contributed by atoms with van der Waals surface area (Å²) in [4.78, 5) is 8.72. The second-order valence-electron chi connectivity index (χ2n) is 4.82. The van der Waals surface area contributed by atoms with Crippen LogP contribution in [0.2, 0.25) is 0 Å². The fraction of sp³-hybridized carbons (Fsp3) is 0.429. The summed E-state index contributed by atoms with van der Waals surface area (Å²) in [6, 6.07) is 3.92. The lowest BCUT2D eigenvalue weighted by Crippen LogP contribution is -2.11. The minimum Gasteiger partial charge on any atom is -0.381 e. The first-order chi connectivity index (χ1) is 9.33. The molecule has 1 N–H and O–H groups in total. The number of ether oxygens (including phenoxy) is 1. The van der Waals surface area contributed by atoms with Gasteiger partial charge in [0.05, 0.1) is 17.8 Å². The van der Waals surface area contributed by atoms with Crippen molar-refractivity contribution in [3.05, 3.63) is 29.0 Å². The van der Waals surface area contributed by atoms with Crippen LogP contribution in [-0.4, -0.2) is 29.7 Å². The van der Waals surface area contributed by atoms with Crippen molar-refractivity contribution in [3.63, 3.8) is 0 Å². The van der Waals surface area contributed by atoms with Gasteiger partial charge >= 0.3 is 0 Å². The van der Waals surface area contributed by atoms with Crippen molar-refractivity contribution in [3.8, 4) is 0 Å². The average molecular weight is 322 g/mol. The molecule has 0 aromatic carbocycles. The summed E-state index contributed by atoms with van der Waals surface area (Å²) >= 11 is 3.41. The van der Waals surface area contributed by atoms with E-state index >= 15 is 0 Å². The molecule has 3 rings (SSSR count). The molecule has 0 saturated heterocycles. The molecule has 2 heterocycles. The van der Waals surface area contributed by atoms with Crippen molar-refractivity contribution < 1.29 is 4.74 Å². The van der Waals surface area contributed by atoms with Crippen LogP contribution in [0.5, 0.6) is 0 Å². The first kappa shape index (κ1) is 12.8. The third-order valence-corrected chi connectivity index (χ3v) is 3.59. The number of aromatic nitrogens is 2. The number of hydrogen-bond donors (Lipinski definition) is 1. The molecule has 2 aromatic heterocycles. The summed E-state index contributed by atoms with van der Waals surface area (Å²) in [7, 11) is 0. The third-order valence-electron chi connectivity index (χ3n) is 3.16. The van der Waals surface area contributed by atoms with Crippen LogP contribution < -0.4 is 5.32 Å². The van der Waals surface area contributed by atoms with Gasteiger partial charge in [-0.25, -0.2) is 0 Å². The largest absolute Gasteiger partial charge is 0.381 e. The Balaban J connectivity index is 1.60. The molecule has 4 nitrogen and oxygen atoms in total. The van der Waals surface area contributed by atoms with Crippen molar-refractivity contribution in [2.45, 2.75) is 12.8 Å². The minimum absolute atomic E-state index is 0.733. The van der Waals surface area contributed by atoms with Crippen molar-refractivity contribution in [1.82, 2.24) is 9.97 Å². The van der Waals surface area contributed by atoms with E-state index < -0.39 is 0 Å². The standard InChI is InChI=1S/C14H16BrN3O/c15-11-7-13-14(18-8-11)12(3-4-16-13)17-5-6-19-9-10-1-2-10/h3-4,7-8,10H,1-2,5-6,9H2,(H,16,17). The second kappa shape index (κ2) is 5.84. The summed E-state index contributed by atoms with van der Waals surface area (Å²) in [5.74, 6) is 0.820. The van der Waals surface area contributed by atoms with Crippen LogP contribution in [0.25, 0.3) is 11.0 Å². The van der Waals surface area contributed by atoms with Crippen LogP contribution in [0.4, 0.5) is 5.69 Å². The monoisotopic (exact) mass is 321 g/mol. The van der Waals surface area contributed by atoms with Crippen molar-refractivity contribution in [2.75, 3.05) is 25.1 Å². The molecule has 2 aromatic rings. The van der Waals surface area contributed by atoms with Gasteiger partial charge in [0.15, 0.2) is 0 Å². The van der Waals surface area contributed by atoms with Gasteiger partial charge in [0.2, 0.25) is 0 Å². The van der Waals surface area contributed by atoms with E-state index in [0.29, 0.717) is 0 Å². The molecule has 0 radical (unpaired) electrons. The molecule has 0 spiro atoms. The van der Waals surface area contributed by atoms with Gasteiger partial charge in [-0.2, -0.15) is 0 Å². The molecule has 5 heteroatoms. The van der Waals surface area contributed by atoms with Crippen LogP contribution in [0.15, 0.2) is 29.0 Å². The number of nitrogens with zero attached hydrogens (tertiary/aromatic N) is 2. The van der Waals surface area contributed by atoms with Crippen molar-refractivity contribution in [1.29, 1.82) is 0 Å². The molecule has 0 bridgehead atoms. The minimum atomic E-state index is 0.733. The summed E-state index contributed by atoms with van der Waals surface area (Å²) in [5.41, 5.74) is 2.79. The number of rotatable bonds is 6. The number of halogens is 1. The quantitative estimate of drug-likeness (QED) is 0.830. The lowest BCUT2D eigenvalue weighted by atomic mass is 10.3. The second-order valence-corrected chi connectivity index (χ2v) is 5.74. The van der Waals surface area contributed by atoms with Crippen LogP contribution in [0.3, 0.4) is 0 Å². The Morgan fingerprint density at radius 1 is 1.37 bits per heavy atom. The van der Waals surface area contributed by atoms with Gasteiger partial charge in [-0.15, -0.1) is 0 Å². The van der Waals surface area contributed by atoms with Crippen LogP contribution in [0, 0.1) is 5.92 Å². The van der Waals surface area contributed by atoms with Crippen molar-refractivity contribution in [2.24, 2.45) is 5.92 Å². The molecule has 0 atom stereocenters. The molecule has 0 amide bonds. The Hall–Kier alpha value is -1.20. The maximum atomic E-state index is 5.60. The van der Waals surface area contributed by atoms with E-state index in [4.69, 9.17) is 4.74 Å². The summed E-state index contributed by atoms with van der Waals surface area (Å²) in [6.45, 7) is 2.43. The van der Waals surface area contributed by atoms with Gasteiger partial charge in [-0.05, 0) is 46.8 Å². The lowest BCUT2D eigenvalue weighted by Gasteiger charge is -2.09. The molecular weight excluding hydrogens is 306 g/mol. The maximum absolute atomic E-state index is 5.60. The average Bonchev–Trinajstić information content (AvgIpc) is 3.22. The SMILES string of the molecule is Brc1cnc2c(NCCOCC3CC3)ccnc2c1. The van der Waals surface area contributed by atoms with E-state index in [1.165, 1.54) is 12.8 Å². The van der Waals surface area contributed by atoms with Gasteiger partial charge in [0.25, 0.3) is 0 Å². The Morgan fingerprint density at radius 3 is 3.11 bits per heavy atom.